The van der Waals surface area contributed by atoms with Gasteiger partial charge >= 0.3 is 5.97 Å². The summed E-state index contributed by atoms with van der Waals surface area (Å²) in [5.74, 6) is 0.236. The first-order chi connectivity index (χ1) is 14.5. The van der Waals surface area contributed by atoms with E-state index in [1.165, 1.54) is 12.3 Å². The van der Waals surface area contributed by atoms with E-state index < -0.39 is 11.9 Å². The van der Waals surface area contributed by atoms with Gasteiger partial charge in [-0.3, -0.25) is 9.89 Å². The van der Waals surface area contributed by atoms with Crippen LogP contribution in [-0.4, -0.2) is 35.4 Å². The van der Waals surface area contributed by atoms with E-state index in [2.05, 4.69) is 20.7 Å². The molecule has 0 spiro atoms. The van der Waals surface area contributed by atoms with Crippen LogP contribution in [0, 0.1) is 6.92 Å². The van der Waals surface area contributed by atoms with Crippen LogP contribution in [0.2, 0.25) is 0 Å². The number of benzene rings is 2. The van der Waals surface area contributed by atoms with Crippen LogP contribution >= 0.6 is 0 Å². The van der Waals surface area contributed by atoms with E-state index in [9.17, 15) is 9.59 Å². The van der Waals surface area contributed by atoms with Crippen LogP contribution < -0.4 is 14.9 Å². The first-order valence-electron chi connectivity index (χ1n) is 9.03. The van der Waals surface area contributed by atoms with Crippen LogP contribution in [0.1, 0.15) is 27.3 Å². The fourth-order valence-electron chi connectivity index (χ4n) is 2.41. The van der Waals surface area contributed by atoms with Gasteiger partial charge in [0.25, 0.3) is 5.91 Å². The molecular formula is C22H20N4O4. The molecule has 0 unspecified atom stereocenters. The third kappa shape index (κ3) is 5.90. The number of amides is 1. The molecule has 0 radical (unpaired) electrons. The monoisotopic (exact) mass is 404 g/mol. The highest BCUT2D eigenvalue weighted by atomic mass is 16.5. The Kier molecular flexibility index (Phi) is 6.73. The van der Waals surface area contributed by atoms with Crippen LogP contribution in [0.15, 0.2) is 65.8 Å². The van der Waals surface area contributed by atoms with E-state index in [1.54, 1.807) is 50.4 Å². The van der Waals surface area contributed by atoms with Gasteiger partial charge in [-0.25, -0.2) is 10.2 Å². The lowest BCUT2D eigenvalue weighted by Crippen LogP contribution is -2.18. The molecular weight excluding hydrogens is 384 g/mol. The molecule has 0 aliphatic rings. The minimum absolute atomic E-state index is 0.259. The summed E-state index contributed by atoms with van der Waals surface area (Å²) in [6.45, 7) is 1.80. The molecule has 152 valence electrons. The van der Waals surface area contributed by atoms with E-state index in [1.807, 2.05) is 24.3 Å². The highest BCUT2D eigenvalue weighted by Gasteiger charge is 2.07. The van der Waals surface area contributed by atoms with Crippen molar-refractivity contribution < 1.29 is 19.1 Å². The predicted octanol–water partition coefficient (Wildman–Crippen LogP) is 3.11. The number of carbonyl (C=O) groups is 2. The van der Waals surface area contributed by atoms with Crippen LogP contribution in [0.5, 0.6) is 11.5 Å². The van der Waals surface area contributed by atoms with E-state index in [-0.39, 0.29) is 5.69 Å². The molecule has 30 heavy (non-hydrogen) atoms. The molecule has 0 atom stereocenters. The molecule has 3 aromatic rings. The molecule has 0 saturated heterocycles. The number of methoxy groups -OCH3 is 1. The third-order valence-corrected chi connectivity index (χ3v) is 3.94. The average Bonchev–Trinajstić information content (AvgIpc) is 3.20. The van der Waals surface area contributed by atoms with E-state index in [0.717, 1.165) is 22.6 Å². The Morgan fingerprint density at radius 2 is 1.70 bits per heavy atom. The normalized spacial score (nSPS) is 11.0. The minimum atomic E-state index is -0.492. The number of aromatic nitrogens is 2. The van der Waals surface area contributed by atoms with Gasteiger partial charge in [0, 0.05) is 11.8 Å². The van der Waals surface area contributed by atoms with E-state index in [0.29, 0.717) is 5.75 Å². The lowest BCUT2D eigenvalue weighted by Gasteiger charge is -2.02. The fraction of sp³-hybridized carbons (Fsp3) is 0.0909. The number of nitrogens with one attached hydrogen (secondary N) is 2. The highest BCUT2D eigenvalue weighted by Crippen LogP contribution is 2.14. The highest BCUT2D eigenvalue weighted by molar-refractivity contribution is 5.93. The molecule has 1 aromatic heterocycles. The molecule has 2 N–H and O–H groups in total. The number of hydrogen-bond donors (Lipinski definition) is 2. The van der Waals surface area contributed by atoms with Crippen molar-refractivity contribution in [2.45, 2.75) is 6.92 Å². The summed E-state index contributed by atoms with van der Waals surface area (Å²) in [5.41, 5.74) is 5.01. The molecule has 0 aliphatic heterocycles. The van der Waals surface area contributed by atoms with Gasteiger partial charge in [-0.2, -0.15) is 10.2 Å². The number of carbonyl (C=O) groups excluding carboxylic acids is 2. The Bertz CT molecular complexity index is 1070. The van der Waals surface area contributed by atoms with E-state index >= 15 is 0 Å². The first-order valence-corrected chi connectivity index (χ1v) is 9.03. The van der Waals surface area contributed by atoms with Crippen LogP contribution in [0.25, 0.3) is 6.08 Å². The predicted molar refractivity (Wildman–Crippen MR) is 112 cm³/mol. The minimum Gasteiger partial charge on any atom is -0.497 e. The van der Waals surface area contributed by atoms with Gasteiger partial charge in [0.2, 0.25) is 0 Å². The Hall–Kier alpha value is -4.20. The molecule has 0 saturated carbocycles. The zero-order valence-electron chi connectivity index (χ0n) is 16.5. The summed E-state index contributed by atoms with van der Waals surface area (Å²) in [4.78, 5) is 23.8. The number of H-pyrrole nitrogens is 1. The molecule has 8 heteroatoms. The topological polar surface area (TPSA) is 106 Å². The van der Waals surface area contributed by atoms with Crippen LogP contribution in [-0.2, 0) is 4.79 Å². The molecule has 2 aromatic carbocycles. The van der Waals surface area contributed by atoms with Gasteiger partial charge < -0.3 is 9.47 Å². The molecule has 3 rings (SSSR count). The van der Waals surface area contributed by atoms with E-state index in [4.69, 9.17) is 9.47 Å². The lowest BCUT2D eigenvalue weighted by atomic mass is 10.2. The first kappa shape index (κ1) is 20.5. The maximum Gasteiger partial charge on any atom is 0.336 e. The van der Waals surface area contributed by atoms with Crippen molar-refractivity contribution in [1.29, 1.82) is 0 Å². The summed E-state index contributed by atoms with van der Waals surface area (Å²) in [6.07, 6.45) is 4.49. The largest absolute Gasteiger partial charge is 0.497 e. The number of aromatic amines is 1. The zero-order chi connectivity index (χ0) is 21.3. The molecule has 0 aliphatic carbocycles. The van der Waals surface area contributed by atoms with Crippen LogP contribution in [0.3, 0.4) is 0 Å². The summed E-state index contributed by atoms with van der Waals surface area (Å²) >= 11 is 0. The summed E-state index contributed by atoms with van der Waals surface area (Å²) in [7, 11) is 1.59. The van der Waals surface area contributed by atoms with Crippen molar-refractivity contribution >= 4 is 24.2 Å². The second-order valence-corrected chi connectivity index (χ2v) is 6.23. The van der Waals surface area contributed by atoms with Gasteiger partial charge in [-0.1, -0.05) is 12.1 Å². The maximum absolute atomic E-state index is 12.0. The van der Waals surface area contributed by atoms with Crippen molar-refractivity contribution in [3.05, 3.63) is 83.2 Å². The number of hydrogen-bond acceptors (Lipinski definition) is 6. The second-order valence-electron chi connectivity index (χ2n) is 6.23. The van der Waals surface area contributed by atoms with Gasteiger partial charge in [-0.15, -0.1) is 0 Å². The number of nitrogens with zero attached hydrogens (tertiary/aromatic N) is 2. The van der Waals surface area contributed by atoms with Gasteiger partial charge in [-0.05, 0) is 66.6 Å². The number of hydrazone groups is 1. The van der Waals surface area contributed by atoms with Crippen LogP contribution in [0.4, 0.5) is 0 Å². The number of ether oxygens (including phenoxy) is 2. The maximum atomic E-state index is 12.0. The molecule has 0 fully saturated rings. The number of rotatable bonds is 7. The lowest BCUT2D eigenvalue weighted by molar-refractivity contribution is -0.128. The van der Waals surface area contributed by atoms with Crippen molar-refractivity contribution in [2.75, 3.05) is 7.11 Å². The molecule has 0 bridgehead atoms. The van der Waals surface area contributed by atoms with Gasteiger partial charge in [0.1, 0.15) is 11.5 Å². The Morgan fingerprint density at radius 1 is 1.03 bits per heavy atom. The molecule has 8 nitrogen and oxygen atoms in total. The standard InChI is InChI=1S/C22H20N4O4/c1-15-13-20(25-24-15)22(28)26-23-14-17-5-10-19(11-6-17)30-21(27)12-7-16-3-8-18(29-2)9-4-16/h3-14H,1-2H3,(H,24,25)(H,26,28)/b12-7+,23-14+. The third-order valence-electron chi connectivity index (χ3n) is 3.94. The second kappa shape index (κ2) is 9.83. The zero-order valence-corrected chi connectivity index (χ0v) is 16.5. The van der Waals surface area contributed by atoms with Crippen molar-refractivity contribution in [1.82, 2.24) is 15.6 Å². The fourth-order valence-corrected chi connectivity index (χ4v) is 2.41. The van der Waals surface area contributed by atoms with Crippen molar-refractivity contribution in [3.63, 3.8) is 0 Å². The van der Waals surface area contributed by atoms with Gasteiger partial charge in [0.15, 0.2) is 5.69 Å². The number of aryl methyl sites for hydroxylation is 1. The average molecular weight is 404 g/mol. The quantitative estimate of drug-likeness (QED) is 0.207. The molecule has 1 amide bonds. The summed E-state index contributed by atoms with van der Waals surface area (Å²) in [5, 5.41) is 10.4. The van der Waals surface area contributed by atoms with Crippen molar-refractivity contribution in [3.8, 4) is 11.5 Å². The summed E-state index contributed by atoms with van der Waals surface area (Å²) in [6, 6.07) is 15.6. The Balaban J connectivity index is 1.50. The number of esters is 1. The summed E-state index contributed by atoms with van der Waals surface area (Å²) < 4.78 is 10.4. The molecule has 1 heterocycles. The Morgan fingerprint density at radius 3 is 2.33 bits per heavy atom. The SMILES string of the molecule is COc1ccc(/C=C/C(=O)Oc2ccc(/C=N/NC(=O)c3cc(C)[nH]n3)cc2)cc1. The Labute approximate surface area is 173 Å². The van der Waals surface area contributed by atoms with Crippen molar-refractivity contribution in [2.24, 2.45) is 5.10 Å². The smallest absolute Gasteiger partial charge is 0.336 e. The van der Waals surface area contributed by atoms with Gasteiger partial charge in [0.05, 0.1) is 13.3 Å².